The van der Waals surface area contributed by atoms with E-state index < -0.39 is 38.0 Å². The summed E-state index contributed by atoms with van der Waals surface area (Å²) in [6.45, 7) is 8.99. The molecule has 1 aromatic heterocycles. The number of nitrogens with one attached hydrogen (secondary N) is 2. The Morgan fingerprint density at radius 1 is 1.15 bits per heavy atom. The molecule has 0 amide bonds. The third kappa shape index (κ3) is 8.10. The maximum absolute atomic E-state index is 14.0. The third-order valence-electron chi connectivity index (χ3n) is 6.51. The van der Waals surface area contributed by atoms with Crippen LogP contribution in [0.5, 0.6) is 5.75 Å². The Bertz CT molecular complexity index is 1460. The van der Waals surface area contributed by atoms with Crippen LogP contribution in [0.2, 0.25) is 0 Å². The molecule has 5 atom stereocenters. The standard InChI is InChI=1S/C29H35FN3O7P/c1-17(2)38-28(35)20(5)32-41(40-23-10-8-21(9-11-23)22-7-6-18(3)25(30)15-22)37-16-24-14-19(4)27(39-24)33-13-12-26(34)31-29(33)36/h6-13,15,17,19-20,24,27,32H,14,16H2,1-5H3,(H,31,34,36)/t19?,20-,24?,27+,41?/m0/s1. The highest BCUT2D eigenvalue weighted by Gasteiger charge is 2.35. The van der Waals surface area contributed by atoms with Gasteiger partial charge >= 0.3 is 20.2 Å². The molecular formula is C29H35FN3O7P. The Balaban J connectivity index is 1.44. The number of esters is 1. The lowest BCUT2D eigenvalue weighted by Crippen LogP contribution is -2.35. The molecule has 0 bridgehead atoms. The van der Waals surface area contributed by atoms with Crippen molar-refractivity contribution in [1.82, 2.24) is 14.6 Å². The number of halogens is 1. The fourth-order valence-electron chi connectivity index (χ4n) is 4.36. The molecule has 3 aromatic rings. The number of ether oxygens (including phenoxy) is 2. The second-order valence-corrected chi connectivity index (χ2v) is 11.6. The molecule has 10 nitrogen and oxygen atoms in total. The van der Waals surface area contributed by atoms with E-state index in [4.69, 9.17) is 18.5 Å². The molecule has 3 unspecified atom stereocenters. The minimum Gasteiger partial charge on any atom is -0.462 e. The zero-order valence-corrected chi connectivity index (χ0v) is 24.5. The van der Waals surface area contributed by atoms with Crippen molar-refractivity contribution in [2.75, 3.05) is 6.61 Å². The number of carbonyl (C=O) groups excluding carboxylic acids is 1. The second kappa shape index (κ2) is 13.5. The van der Waals surface area contributed by atoms with Gasteiger partial charge in [0.15, 0.2) is 0 Å². The zero-order chi connectivity index (χ0) is 29.7. The highest BCUT2D eigenvalue weighted by Crippen LogP contribution is 2.40. The van der Waals surface area contributed by atoms with E-state index in [1.807, 2.05) is 25.1 Å². The fourth-order valence-corrected chi connectivity index (χ4v) is 5.57. The van der Waals surface area contributed by atoms with Crippen LogP contribution in [0.25, 0.3) is 11.1 Å². The largest absolute Gasteiger partial charge is 0.462 e. The van der Waals surface area contributed by atoms with Crippen molar-refractivity contribution >= 4 is 14.5 Å². The van der Waals surface area contributed by atoms with Gasteiger partial charge in [-0.3, -0.25) is 19.1 Å². The summed E-state index contributed by atoms with van der Waals surface area (Å²) in [5.41, 5.74) is 1.11. The molecule has 1 aliphatic heterocycles. The Morgan fingerprint density at radius 3 is 2.51 bits per heavy atom. The van der Waals surface area contributed by atoms with Crippen LogP contribution in [-0.4, -0.2) is 40.4 Å². The van der Waals surface area contributed by atoms with Crippen molar-refractivity contribution in [3.05, 3.63) is 86.9 Å². The van der Waals surface area contributed by atoms with Crippen molar-refractivity contribution in [3.63, 3.8) is 0 Å². The molecular weight excluding hydrogens is 552 g/mol. The van der Waals surface area contributed by atoms with Gasteiger partial charge in [0.2, 0.25) is 0 Å². The first-order chi connectivity index (χ1) is 19.5. The van der Waals surface area contributed by atoms with Crippen LogP contribution in [0.3, 0.4) is 0 Å². The monoisotopic (exact) mass is 587 g/mol. The van der Waals surface area contributed by atoms with Crippen molar-refractivity contribution in [2.24, 2.45) is 5.92 Å². The molecule has 0 aliphatic carbocycles. The van der Waals surface area contributed by atoms with Gasteiger partial charge in [0, 0.05) is 18.2 Å². The smallest absolute Gasteiger partial charge is 0.330 e. The fraction of sp³-hybridized carbons (Fsp3) is 0.414. The van der Waals surface area contributed by atoms with Crippen LogP contribution in [0.4, 0.5) is 4.39 Å². The highest BCUT2D eigenvalue weighted by molar-refractivity contribution is 7.45. The van der Waals surface area contributed by atoms with Gasteiger partial charge in [0.05, 0.1) is 18.8 Å². The van der Waals surface area contributed by atoms with Crippen molar-refractivity contribution in [2.45, 2.75) is 65.5 Å². The van der Waals surface area contributed by atoms with Gasteiger partial charge in [-0.05, 0) is 69.0 Å². The quantitative estimate of drug-likeness (QED) is 0.242. The average Bonchev–Trinajstić information content (AvgIpc) is 3.28. The molecule has 0 radical (unpaired) electrons. The maximum atomic E-state index is 14.0. The van der Waals surface area contributed by atoms with E-state index in [1.54, 1.807) is 45.9 Å². The molecule has 41 heavy (non-hydrogen) atoms. The summed E-state index contributed by atoms with van der Waals surface area (Å²) in [6.07, 6.45) is 0.820. The summed E-state index contributed by atoms with van der Waals surface area (Å²) < 4.78 is 39.0. The Morgan fingerprint density at radius 2 is 1.85 bits per heavy atom. The summed E-state index contributed by atoms with van der Waals surface area (Å²) in [5.74, 6) is -0.254. The normalized spacial score (nSPS) is 20.1. The number of hydrogen-bond acceptors (Lipinski definition) is 8. The molecule has 1 aliphatic rings. The number of aromatic nitrogens is 2. The number of nitrogens with zero attached hydrogens (tertiary/aromatic N) is 1. The molecule has 12 heteroatoms. The van der Waals surface area contributed by atoms with E-state index in [9.17, 15) is 18.8 Å². The van der Waals surface area contributed by atoms with E-state index in [2.05, 4.69) is 10.1 Å². The first-order valence-electron chi connectivity index (χ1n) is 13.4. The summed E-state index contributed by atoms with van der Waals surface area (Å²) in [7, 11) is -1.82. The SMILES string of the molecule is Cc1ccc(-c2ccc(OP(N[C@@H](C)C(=O)OC(C)C)OCC3CC(C)[C@H](n4ccc(=O)[nH]c4=O)O3)cc2)cc1F. The Kier molecular flexibility index (Phi) is 10.1. The molecule has 0 saturated carbocycles. The highest BCUT2D eigenvalue weighted by atomic mass is 31.2. The number of hydrogen-bond donors (Lipinski definition) is 2. The summed E-state index contributed by atoms with van der Waals surface area (Å²) in [6, 6.07) is 12.8. The van der Waals surface area contributed by atoms with E-state index in [0.29, 0.717) is 17.7 Å². The lowest BCUT2D eigenvalue weighted by Gasteiger charge is -2.24. The minimum atomic E-state index is -1.82. The van der Waals surface area contributed by atoms with Crippen molar-refractivity contribution in [1.29, 1.82) is 0 Å². The molecule has 2 heterocycles. The average molecular weight is 588 g/mol. The first kappa shape index (κ1) is 30.6. The lowest BCUT2D eigenvalue weighted by molar-refractivity contribution is -0.149. The molecule has 4 rings (SSSR count). The zero-order valence-electron chi connectivity index (χ0n) is 23.6. The molecule has 1 fully saturated rings. The number of benzene rings is 2. The van der Waals surface area contributed by atoms with Gasteiger partial charge in [-0.2, -0.15) is 0 Å². The maximum Gasteiger partial charge on any atom is 0.330 e. The molecule has 1 saturated heterocycles. The summed E-state index contributed by atoms with van der Waals surface area (Å²) in [4.78, 5) is 38.4. The van der Waals surface area contributed by atoms with Crippen LogP contribution in [0.1, 0.15) is 45.9 Å². The van der Waals surface area contributed by atoms with Gasteiger partial charge in [-0.1, -0.05) is 31.2 Å². The molecule has 2 aromatic carbocycles. The van der Waals surface area contributed by atoms with E-state index in [-0.39, 0.29) is 30.5 Å². The number of aromatic amines is 1. The van der Waals surface area contributed by atoms with Crippen LogP contribution >= 0.6 is 8.53 Å². The van der Waals surface area contributed by atoms with Gasteiger partial charge < -0.3 is 18.5 Å². The third-order valence-corrected chi connectivity index (χ3v) is 7.87. The Hall–Kier alpha value is -3.37. The second-order valence-electron chi connectivity index (χ2n) is 10.3. The minimum absolute atomic E-state index is 0.0218. The number of H-pyrrole nitrogens is 1. The van der Waals surface area contributed by atoms with Crippen molar-refractivity contribution < 1.29 is 27.7 Å². The Labute approximate surface area is 238 Å². The van der Waals surface area contributed by atoms with Gasteiger partial charge in [-0.15, -0.1) is 0 Å². The van der Waals surface area contributed by atoms with E-state index in [0.717, 1.165) is 11.1 Å². The van der Waals surface area contributed by atoms with Crippen LogP contribution in [0.15, 0.2) is 64.3 Å². The predicted molar refractivity (Wildman–Crippen MR) is 153 cm³/mol. The predicted octanol–water partition coefficient (Wildman–Crippen LogP) is 4.83. The van der Waals surface area contributed by atoms with Gasteiger partial charge in [-0.25, -0.2) is 14.3 Å². The van der Waals surface area contributed by atoms with Crippen LogP contribution in [-0.2, 0) is 18.8 Å². The number of carbonyl (C=O) groups is 1. The topological polar surface area (TPSA) is 121 Å². The number of aryl methyl sites for hydroxylation is 1. The first-order valence-corrected chi connectivity index (χ1v) is 14.6. The number of rotatable bonds is 11. The lowest BCUT2D eigenvalue weighted by atomic mass is 10.0. The summed E-state index contributed by atoms with van der Waals surface area (Å²) in [5, 5.41) is 3.07. The van der Waals surface area contributed by atoms with Crippen molar-refractivity contribution in [3.8, 4) is 16.9 Å². The molecule has 2 N–H and O–H groups in total. The van der Waals surface area contributed by atoms with E-state index in [1.165, 1.54) is 22.9 Å². The van der Waals surface area contributed by atoms with Crippen LogP contribution in [0, 0.1) is 18.7 Å². The van der Waals surface area contributed by atoms with Gasteiger partial charge in [0.1, 0.15) is 23.8 Å². The van der Waals surface area contributed by atoms with Crippen LogP contribution < -0.4 is 20.9 Å². The van der Waals surface area contributed by atoms with E-state index >= 15 is 0 Å². The summed E-state index contributed by atoms with van der Waals surface area (Å²) >= 11 is 0. The van der Waals surface area contributed by atoms with Gasteiger partial charge in [0.25, 0.3) is 5.56 Å². The molecule has 0 spiro atoms. The molecule has 220 valence electrons.